The highest BCUT2D eigenvalue weighted by Crippen LogP contribution is 2.23. The zero-order valence-corrected chi connectivity index (χ0v) is 12.9. The fourth-order valence-electron chi connectivity index (χ4n) is 2.01. The van der Waals surface area contributed by atoms with Gasteiger partial charge >= 0.3 is 0 Å². The molecule has 19 heavy (non-hydrogen) atoms. The van der Waals surface area contributed by atoms with E-state index in [9.17, 15) is 4.79 Å². The highest BCUT2D eigenvalue weighted by molar-refractivity contribution is 6.31. The maximum atomic E-state index is 12.6. The molecular formula is C15H23ClN2O. The zero-order valence-electron chi connectivity index (χ0n) is 12.2. The molecule has 0 aliphatic heterocycles. The maximum absolute atomic E-state index is 12.6. The summed E-state index contributed by atoms with van der Waals surface area (Å²) in [5.41, 5.74) is 1.51. The van der Waals surface area contributed by atoms with E-state index in [0.29, 0.717) is 17.1 Å². The Bertz CT molecular complexity index is 432. The maximum Gasteiger partial charge on any atom is 0.256 e. The largest absolute Gasteiger partial charge is 0.384 e. The topological polar surface area (TPSA) is 32.3 Å². The lowest BCUT2D eigenvalue weighted by molar-refractivity contribution is 0.0718. The fourth-order valence-corrected chi connectivity index (χ4v) is 2.18. The van der Waals surface area contributed by atoms with Crippen molar-refractivity contribution in [1.29, 1.82) is 0 Å². The van der Waals surface area contributed by atoms with E-state index in [1.807, 2.05) is 37.8 Å². The van der Waals surface area contributed by atoms with Crippen molar-refractivity contribution in [3.05, 3.63) is 28.8 Å². The minimum atomic E-state index is 0.0265. The van der Waals surface area contributed by atoms with Crippen LogP contribution in [-0.4, -0.2) is 29.9 Å². The van der Waals surface area contributed by atoms with E-state index >= 15 is 0 Å². The SMILES string of the molecule is CCCNc1ccc(Cl)cc1C(=O)N(CC)C(C)C. The first-order valence-electron chi connectivity index (χ1n) is 6.85. The quantitative estimate of drug-likeness (QED) is 0.854. The second-order valence-corrected chi connectivity index (χ2v) is 5.24. The van der Waals surface area contributed by atoms with Gasteiger partial charge in [0.05, 0.1) is 5.56 Å². The van der Waals surface area contributed by atoms with Crippen molar-refractivity contribution in [2.45, 2.75) is 40.2 Å². The molecule has 1 amide bonds. The number of halogens is 1. The zero-order chi connectivity index (χ0) is 14.4. The number of amides is 1. The number of rotatable bonds is 6. The molecule has 0 unspecified atom stereocenters. The molecule has 0 saturated carbocycles. The number of nitrogens with one attached hydrogen (secondary N) is 1. The molecule has 0 aliphatic rings. The summed E-state index contributed by atoms with van der Waals surface area (Å²) >= 11 is 6.02. The third-order valence-corrected chi connectivity index (χ3v) is 3.24. The lowest BCUT2D eigenvalue weighted by atomic mass is 10.1. The third kappa shape index (κ3) is 4.13. The minimum absolute atomic E-state index is 0.0265. The molecule has 0 fully saturated rings. The second-order valence-electron chi connectivity index (χ2n) is 4.80. The number of carbonyl (C=O) groups excluding carboxylic acids is 1. The van der Waals surface area contributed by atoms with Crippen LogP contribution in [0.4, 0.5) is 5.69 Å². The smallest absolute Gasteiger partial charge is 0.256 e. The minimum Gasteiger partial charge on any atom is -0.384 e. The van der Waals surface area contributed by atoms with Crippen LogP contribution in [0.2, 0.25) is 5.02 Å². The summed E-state index contributed by atoms with van der Waals surface area (Å²) in [6.07, 6.45) is 1.01. The molecule has 106 valence electrons. The molecular weight excluding hydrogens is 260 g/mol. The predicted octanol–water partition coefficient (Wildman–Crippen LogP) is 4.03. The van der Waals surface area contributed by atoms with Gasteiger partial charge in [0, 0.05) is 29.8 Å². The number of nitrogens with zero attached hydrogens (tertiary/aromatic N) is 1. The van der Waals surface area contributed by atoms with Crippen LogP contribution >= 0.6 is 11.6 Å². The monoisotopic (exact) mass is 282 g/mol. The molecule has 4 heteroatoms. The van der Waals surface area contributed by atoms with Gasteiger partial charge in [-0.3, -0.25) is 4.79 Å². The van der Waals surface area contributed by atoms with Crippen LogP contribution in [-0.2, 0) is 0 Å². The van der Waals surface area contributed by atoms with E-state index in [1.165, 1.54) is 0 Å². The Labute approximate surface area is 120 Å². The van der Waals surface area contributed by atoms with Crippen molar-refractivity contribution in [3.8, 4) is 0 Å². The Morgan fingerprint density at radius 3 is 2.58 bits per heavy atom. The Hall–Kier alpha value is -1.22. The predicted molar refractivity (Wildman–Crippen MR) is 82.1 cm³/mol. The van der Waals surface area contributed by atoms with Crippen molar-refractivity contribution in [3.63, 3.8) is 0 Å². The lowest BCUT2D eigenvalue weighted by Gasteiger charge is -2.26. The van der Waals surface area contributed by atoms with Crippen LogP contribution in [0.15, 0.2) is 18.2 Å². The number of carbonyl (C=O) groups is 1. The Morgan fingerprint density at radius 1 is 1.37 bits per heavy atom. The molecule has 1 aromatic carbocycles. The van der Waals surface area contributed by atoms with Crippen molar-refractivity contribution in [1.82, 2.24) is 4.90 Å². The molecule has 0 saturated heterocycles. The molecule has 0 spiro atoms. The molecule has 0 atom stereocenters. The first kappa shape index (κ1) is 15.8. The van der Waals surface area contributed by atoms with Crippen LogP contribution < -0.4 is 5.32 Å². The first-order valence-corrected chi connectivity index (χ1v) is 7.23. The standard InChI is InChI=1S/C15H23ClN2O/c1-5-9-17-14-8-7-12(16)10-13(14)15(19)18(6-2)11(3)4/h7-8,10-11,17H,5-6,9H2,1-4H3. The number of hydrogen-bond donors (Lipinski definition) is 1. The summed E-state index contributed by atoms with van der Waals surface area (Å²) in [6, 6.07) is 5.60. The van der Waals surface area contributed by atoms with Gasteiger partial charge in [0.2, 0.25) is 0 Å². The second kappa shape index (κ2) is 7.39. The number of benzene rings is 1. The summed E-state index contributed by atoms with van der Waals surface area (Å²) in [4.78, 5) is 14.4. The van der Waals surface area contributed by atoms with Gasteiger partial charge in [-0.05, 0) is 45.4 Å². The molecule has 1 rings (SSSR count). The van der Waals surface area contributed by atoms with E-state index in [4.69, 9.17) is 11.6 Å². The van der Waals surface area contributed by atoms with Gasteiger partial charge in [-0.1, -0.05) is 18.5 Å². The molecule has 3 nitrogen and oxygen atoms in total. The molecule has 0 heterocycles. The number of hydrogen-bond acceptors (Lipinski definition) is 2. The van der Waals surface area contributed by atoms with Gasteiger partial charge in [-0.15, -0.1) is 0 Å². The Kier molecular flexibility index (Phi) is 6.16. The van der Waals surface area contributed by atoms with Gasteiger partial charge in [-0.25, -0.2) is 0 Å². The van der Waals surface area contributed by atoms with E-state index in [0.717, 1.165) is 18.7 Å². The van der Waals surface area contributed by atoms with E-state index in [1.54, 1.807) is 6.07 Å². The first-order chi connectivity index (χ1) is 9.01. The summed E-state index contributed by atoms with van der Waals surface area (Å²) < 4.78 is 0. The molecule has 1 aromatic rings. The average molecular weight is 283 g/mol. The van der Waals surface area contributed by atoms with Crippen molar-refractivity contribution >= 4 is 23.2 Å². The average Bonchev–Trinajstić information content (AvgIpc) is 2.37. The highest BCUT2D eigenvalue weighted by atomic mass is 35.5. The molecule has 0 radical (unpaired) electrons. The van der Waals surface area contributed by atoms with E-state index < -0.39 is 0 Å². The molecule has 0 aromatic heterocycles. The summed E-state index contributed by atoms with van der Waals surface area (Å²) in [7, 11) is 0. The highest BCUT2D eigenvalue weighted by Gasteiger charge is 2.20. The van der Waals surface area contributed by atoms with Crippen LogP contribution in [0, 0.1) is 0 Å². The molecule has 0 aliphatic carbocycles. The van der Waals surface area contributed by atoms with E-state index in [-0.39, 0.29) is 11.9 Å². The van der Waals surface area contributed by atoms with Crippen molar-refractivity contribution in [2.75, 3.05) is 18.4 Å². The fraction of sp³-hybridized carbons (Fsp3) is 0.533. The van der Waals surface area contributed by atoms with E-state index in [2.05, 4.69) is 12.2 Å². The summed E-state index contributed by atoms with van der Waals surface area (Å²) in [6.45, 7) is 9.65. The summed E-state index contributed by atoms with van der Waals surface area (Å²) in [5, 5.41) is 3.87. The third-order valence-electron chi connectivity index (χ3n) is 3.00. The Morgan fingerprint density at radius 2 is 2.05 bits per heavy atom. The van der Waals surface area contributed by atoms with Crippen LogP contribution in [0.3, 0.4) is 0 Å². The van der Waals surface area contributed by atoms with Gasteiger partial charge in [0.15, 0.2) is 0 Å². The lowest BCUT2D eigenvalue weighted by Crippen LogP contribution is -2.37. The van der Waals surface area contributed by atoms with Crippen LogP contribution in [0.1, 0.15) is 44.5 Å². The molecule has 0 bridgehead atoms. The Balaban J connectivity index is 3.08. The van der Waals surface area contributed by atoms with Gasteiger partial charge in [0.1, 0.15) is 0 Å². The van der Waals surface area contributed by atoms with Crippen LogP contribution in [0.25, 0.3) is 0 Å². The normalized spacial score (nSPS) is 10.6. The van der Waals surface area contributed by atoms with Gasteiger partial charge < -0.3 is 10.2 Å². The van der Waals surface area contributed by atoms with Gasteiger partial charge in [0.25, 0.3) is 5.91 Å². The van der Waals surface area contributed by atoms with Gasteiger partial charge in [-0.2, -0.15) is 0 Å². The van der Waals surface area contributed by atoms with Crippen LogP contribution in [0.5, 0.6) is 0 Å². The van der Waals surface area contributed by atoms with Crippen molar-refractivity contribution < 1.29 is 4.79 Å². The molecule has 1 N–H and O–H groups in total. The summed E-state index contributed by atoms with van der Waals surface area (Å²) in [5.74, 6) is 0.0265. The van der Waals surface area contributed by atoms with Crippen molar-refractivity contribution in [2.24, 2.45) is 0 Å². The number of anilines is 1.